The van der Waals surface area contributed by atoms with Crippen LogP contribution in [0.1, 0.15) is 25.7 Å². The van der Waals surface area contributed by atoms with E-state index in [9.17, 15) is 8.42 Å². The van der Waals surface area contributed by atoms with Gasteiger partial charge in [0.05, 0.1) is 5.69 Å². The van der Waals surface area contributed by atoms with Crippen LogP contribution in [0.5, 0.6) is 0 Å². The Morgan fingerprint density at radius 3 is 2.79 bits per heavy atom. The number of halogens is 1. The van der Waals surface area contributed by atoms with E-state index in [1.54, 1.807) is 0 Å². The fraction of sp³-hybridized carbons (Fsp3) is 0.385. The topological polar surface area (TPSA) is 72.2 Å². The minimum absolute atomic E-state index is 0.0808. The third-order valence-electron chi connectivity index (χ3n) is 3.13. The van der Waals surface area contributed by atoms with E-state index in [1.165, 1.54) is 30.2 Å². The molecule has 1 aliphatic carbocycles. The Morgan fingerprint density at radius 2 is 2.16 bits per heavy atom. The monoisotopic (exact) mass is 300 g/mol. The highest BCUT2D eigenvalue weighted by Crippen LogP contribution is 2.23. The predicted octanol–water partition coefficient (Wildman–Crippen LogP) is 2.70. The molecule has 2 rings (SSSR count). The average molecular weight is 301 g/mol. The zero-order chi connectivity index (χ0) is 13.9. The molecule has 4 nitrogen and oxygen atoms in total. The zero-order valence-corrected chi connectivity index (χ0v) is 12.1. The number of nitrogen functional groups attached to an aromatic ring is 1. The quantitative estimate of drug-likeness (QED) is 0.649. The number of rotatable bonds is 5. The number of sulfonamides is 1. The van der Waals surface area contributed by atoms with Crippen LogP contribution in [-0.4, -0.2) is 15.0 Å². The Morgan fingerprint density at radius 1 is 1.37 bits per heavy atom. The van der Waals surface area contributed by atoms with Gasteiger partial charge in [-0.25, -0.2) is 13.1 Å². The molecule has 0 saturated heterocycles. The molecule has 1 aromatic carbocycles. The minimum Gasteiger partial charge on any atom is -0.398 e. The first-order valence-electron chi connectivity index (χ1n) is 6.21. The van der Waals surface area contributed by atoms with Crippen molar-refractivity contribution >= 4 is 27.3 Å². The Balaban J connectivity index is 2.01. The molecule has 6 heteroatoms. The lowest BCUT2D eigenvalue weighted by Crippen LogP contribution is -2.25. The van der Waals surface area contributed by atoms with Crippen molar-refractivity contribution in [2.24, 2.45) is 0 Å². The summed E-state index contributed by atoms with van der Waals surface area (Å²) in [6.07, 6.45) is 6.29. The van der Waals surface area contributed by atoms with Gasteiger partial charge < -0.3 is 5.73 Å². The van der Waals surface area contributed by atoms with Crippen LogP contribution in [0.25, 0.3) is 0 Å². The highest BCUT2D eigenvalue weighted by atomic mass is 35.5. The van der Waals surface area contributed by atoms with Gasteiger partial charge in [0, 0.05) is 11.6 Å². The molecule has 0 radical (unpaired) electrons. The van der Waals surface area contributed by atoms with Crippen molar-refractivity contribution in [2.45, 2.75) is 30.6 Å². The van der Waals surface area contributed by atoms with Gasteiger partial charge >= 0.3 is 0 Å². The van der Waals surface area contributed by atoms with Crippen molar-refractivity contribution in [3.8, 4) is 0 Å². The van der Waals surface area contributed by atoms with Gasteiger partial charge in [-0.3, -0.25) is 0 Å². The first-order chi connectivity index (χ1) is 8.99. The zero-order valence-electron chi connectivity index (χ0n) is 10.5. The van der Waals surface area contributed by atoms with Gasteiger partial charge in [-0.05, 0) is 43.9 Å². The summed E-state index contributed by atoms with van der Waals surface area (Å²) in [7, 11) is -3.56. The molecular formula is C13H17ClN2O2S. The van der Waals surface area contributed by atoms with E-state index in [1.807, 2.05) is 0 Å². The third kappa shape index (κ3) is 3.72. The maximum Gasteiger partial charge on any atom is 0.242 e. The predicted molar refractivity (Wildman–Crippen MR) is 77.6 cm³/mol. The molecule has 0 saturated carbocycles. The van der Waals surface area contributed by atoms with Gasteiger partial charge in [-0.15, -0.1) is 0 Å². The van der Waals surface area contributed by atoms with Gasteiger partial charge in [-0.2, -0.15) is 0 Å². The summed E-state index contributed by atoms with van der Waals surface area (Å²) in [5.74, 6) is 0. The van der Waals surface area contributed by atoms with Crippen molar-refractivity contribution in [2.75, 3.05) is 12.3 Å². The summed E-state index contributed by atoms with van der Waals surface area (Å²) in [4.78, 5) is 0.0808. The third-order valence-corrected chi connectivity index (χ3v) is 4.90. The van der Waals surface area contributed by atoms with E-state index in [-0.39, 0.29) is 10.6 Å². The van der Waals surface area contributed by atoms with Gasteiger partial charge in [0.1, 0.15) is 4.90 Å². The van der Waals surface area contributed by atoms with Crippen molar-refractivity contribution in [1.29, 1.82) is 0 Å². The lowest BCUT2D eigenvalue weighted by molar-refractivity contribution is 0.581. The fourth-order valence-corrected chi connectivity index (χ4v) is 3.48. The standard InChI is InChI=1S/C13H17ClN2O2S/c14-11-5-6-13(12(15)9-11)19(17,18)16-8-7-10-3-1-2-4-10/h3,5-6,9,16H,1-2,4,7-8,15H2. The van der Waals surface area contributed by atoms with Gasteiger partial charge in [0.2, 0.25) is 10.0 Å². The van der Waals surface area contributed by atoms with Crippen molar-refractivity contribution in [3.05, 3.63) is 34.9 Å². The summed E-state index contributed by atoms with van der Waals surface area (Å²) in [6.45, 7) is 0.399. The molecule has 3 N–H and O–H groups in total. The summed E-state index contributed by atoms with van der Waals surface area (Å²) in [5, 5.41) is 0.424. The molecule has 0 aromatic heterocycles. The molecule has 0 atom stereocenters. The summed E-state index contributed by atoms with van der Waals surface area (Å²) in [5.41, 5.74) is 7.18. The number of hydrogen-bond donors (Lipinski definition) is 2. The van der Waals surface area contributed by atoms with Crippen LogP contribution in [0.2, 0.25) is 5.02 Å². The highest BCUT2D eigenvalue weighted by molar-refractivity contribution is 7.89. The number of hydrogen-bond acceptors (Lipinski definition) is 3. The number of allylic oxidation sites excluding steroid dienone is 1. The first kappa shape index (κ1) is 14.4. The molecule has 0 amide bonds. The lowest BCUT2D eigenvalue weighted by atomic mass is 10.2. The highest BCUT2D eigenvalue weighted by Gasteiger charge is 2.17. The summed E-state index contributed by atoms with van der Waals surface area (Å²) in [6, 6.07) is 4.39. The Labute approximate surface area is 118 Å². The van der Waals surface area contributed by atoms with E-state index >= 15 is 0 Å². The van der Waals surface area contributed by atoms with E-state index in [0.29, 0.717) is 11.6 Å². The Bertz CT molecular complexity index is 597. The molecule has 0 unspecified atom stereocenters. The van der Waals surface area contributed by atoms with Crippen LogP contribution < -0.4 is 10.5 Å². The second-order valence-corrected chi connectivity index (χ2v) is 6.76. The smallest absolute Gasteiger partial charge is 0.242 e. The number of benzene rings is 1. The molecule has 0 aliphatic heterocycles. The lowest BCUT2D eigenvalue weighted by Gasteiger charge is -2.09. The largest absolute Gasteiger partial charge is 0.398 e. The van der Waals surface area contributed by atoms with Gasteiger partial charge in [-0.1, -0.05) is 23.3 Å². The van der Waals surface area contributed by atoms with Crippen molar-refractivity contribution in [3.63, 3.8) is 0 Å². The number of nitrogens with one attached hydrogen (secondary N) is 1. The first-order valence-corrected chi connectivity index (χ1v) is 8.08. The van der Waals surface area contributed by atoms with E-state index in [4.69, 9.17) is 17.3 Å². The average Bonchev–Trinajstić information content (AvgIpc) is 2.81. The summed E-state index contributed by atoms with van der Waals surface area (Å²) >= 11 is 5.75. The van der Waals surface area contributed by atoms with E-state index < -0.39 is 10.0 Å². The molecular weight excluding hydrogens is 284 g/mol. The second-order valence-electron chi connectivity index (χ2n) is 4.58. The SMILES string of the molecule is Nc1cc(Cl)ccc1S(=O)(=O)NCCC1=CCCC1. The Kier molecular flexibility index (Phi) is 4.50. The van der Waals surface area contributed by atoms with Crippen LogP contribution in [-0.2, 0) is 10.0 Å². The Hall–Kier alpha value is -1.04. The molecule has 0 bridgehead atoms. The maximum atomic E-state index is 12.1. The molecule has 0 spiro atoms. The second kappa shape index (κ2) is 5.94. The number of nitrogens with two attached hydrogens (primary N) is 1. The fourth-order valence-electron chi connectivity index (χ4n) is 2.15. The maximum absolute atomic E-state index is 12.1. The summed E-state index contributed by atoms with van der Waals surface area (Å²) < 4.78 is 26.7. The van der Waals surface area contributed by atoms with Crippen LogP contribution in [0.3, 0.4) is 0 Å². The van der Waals surface area contributed by atoms with Crippen LogP contribution in [0, 0.1) is 0 Å². The molecule has 19 heavy (non-hydrogen) atoms. The number of anilines is 1. The molecule has 1 aromatic rings. The van der Waals surface area contributed by atoms with Crippen LogP contribution >= 0.6 is 11.6 Å². The molecule has 0 fully saturated rings. The van der Waals surface area contributed by atoms with Crippen molar-refractivity contribution < 1.29 is 8.42 Å². The molecule has 104 valence electrons. The van der Waals surface area contributed by atoms with Gasteiger partial charge in [0.25, 0.3) is 0 Å². The molecule has 1 aliphatic rings. The van der Waals surface area contributed by atoms with Crippen LogP contribution in [0.4, 0.5) is 5.69 Å². The normalized spacial score (nSPS) is 15.5. The van der Waals surface area contributed by atoms with E-state index in [2.05, 4.69) is 10.8 Å². The van der Waals surface area contributed by atoms with Crippen molar-refractivity contribution in [1.82, 2.24) is 4.72 Å². The minimum atomic E-state index is -3.56. The molecule has 0 heterocycles. The van der Waals surface area contributed by atoms with E-state index in [0.717, 1.165) is 19.3 Å². The van der Waals surface area contributed by atoms with Crippen LogP contribution in [0.15, 0.2) is 34.7 Å². The van der Waals surface area contributed by atoms with Gasteiger partial charge in [0.15, 0.2) is 0 Å².